The molecule has 3 fully saturated rings. The van der Waals surface area contributed by atoms with Gasteiger partial charge in [-0.05, 0) is 63.5 Å². The highest BCUT2D eigenvalue weighted by molar-refractivity contribution is 6.05. The van der Waals surface area contributed by atoms with Crippen LogP contribution >= 0.6 is 0 Å². The quantitative estimate of drug-likeness (QED) is 0.582. The zero-order chi connectivity index (χ0) is 22.5. The molecule has 1 saturated heterocycles. The number of nitrogens with zero attached hydrogens (tertiary/aromatic N) is 5. The summed E-state index contributed by atoms with van der Waals surface area (Å²) in [5.74, 6) is 0.853. The third-order valence-electron chi connectivity index (χ3n) is 7.24. The van der Waals surface area contributed by atoms with Gasteiger partial charge in [0.2, 0.25) is 5.91 Å². The van der Waals surface area contributed by atoms with E-state index in [1.807, 2.05) is 23.2 Å². The summed E-state index contributed by atoms with van der Waals surface area (Å²) in [5.41, 5.74) is 3.06. The maximum atomic E-state index is 13.1. The Morgan fingerprint density at radius 3 is 2.42 bits per heavy atom. The molecule has 4 heterocycles. The molecule has 8 nitrogen and oxygen atoms in total. The molecular formula is C25H29N5O3. The standard InChI is InChI=1S/C25H29N5O3/c31-22-5-3-13-28(22)12-2-1-4-17-7-6-16(15-26-17)21-14-20-23(27-21)29(18-8-9-18)25(33)30(24(20)32)19-10-11-19/h6-7,15,18-19H,1-5,8-14H2. The molecule has 0 aromatic carbocycles. The van der Waals surface area contributed by atoms with Crippen LogP contribution in [0.15, 0.2) is 32.9 Å². The van der Waals surface area contributed by atoms with E-state index in [1.165, 1.54) is 4.57 Å². The second-order valence-electron chi connectivity index (χ2n) is 9.81. The van der Waals surface area contributed by atoms with E-state index in [0.29, 0.717) is 24.2 Å². The molecule has 0 N–H and O–H groups in total. The Morgan fingerprint density at radius 2 is 1.76 bits per heavy atom. The molecule has 172 valence electrons. The number of fused-ring (bicyclic) bond motifs is 1. The fourth-order valence-corrected chi connectivity index (χ4v) is 5.07. The third-order valence-corrected chi connectivity index (χ3v) is 7.24. The van der Waals surface area contributed by atoms with E-state index in [4.69, 9.17) is 4.99 Å². The molecule has 2 aromatic rings. The molecule has 2 saturated carbocycles. The van der Waals surface area contributed by atoms with E-state index >= 15 is 0 Å². The van der Waals surface area contributed by atoms with Gasteiger partial charge >= 0.3 is 5.69 Å². The van der Waals surface area contributed by atoms with Crippen LogP contribution < -0.4 is 11.2 Å². The molecule has 0 bridgehead atoms. The summed E-state index contributed by atoms with van der Waals surface area (Å²) in [5, 5.41) is 0. The average Bonchev–Trinajstić information content (AvgIpc) is 3.73. The molecule has 4 aliphatic rings. The van der Waals surface area contributed by atoms with Crippen LogP contribution in [-0.4, -0.2) is 43.7 Å². The minimum absolute atomic E-state index is 0.0638. The van der Waals surface area contributed by atoms with Crippen molar-refractivity contribution in [3.8, 4) is 0 Å². The number of aryl methyl sites for hydroxylation is 1. The first-order valence-electron chi connectivity index (χ1n) is 12.3. The summed E-state index contributed by atoms with van der Waals surface area (Å²) in [6.45, 7) is 1.74. The molecule has 0 radical (unpaired) electrons. The lowest BCUT2D eigenvalue weighted by Gasteiger charge is -2.14. The predicted molar refractivity (Wildman–Crippen MR) is 124 cm³/mol. The van der Waals surface area contributed by atoms with Crippen molar-refractivity contribution in [1.82, 2.24) is 19.0 Å². The third kappa shape index (κ3) is 3.85. The van der Waals surface area contributed by atoms with E-state index in [9.17, 15) is 14.4 Å². The highest BCUT2D eigenvalue weighted by atomic mass is 16.2. The second-order valence-corrected chi connectivity index (χ2v) is 9.81. The molecular weight excluding hydrogens is 418 g/mol. The molecule has 2 aromatic heterocycles. The first-order chi connectivity index (χ1) is 16.1. The van der Waals surface area contributed by atoms with Gasteiger partial charge in [0.05, 0.1) is 11.3 Å². The van der Waals surface area contributed by atoms with Crippen LogP contribution in [0.2, 0.25) is 0 Å². The average molecular weight is 448 g/mol. The topological polar surface area (TPSA) is 89.6 Å². The van der Waals surface area contributed by atoms with E-state index < -0.39 is 0 Å². The smallest absolute Gasteiger partial charge is 0.333 e. The number of carbonyl (C=O) groups excluding carboxylic acids is 1. The summed E-state index contributed by atoms with van der Waals surface area (Å²) in [4.78, 5) is 49.2. The monoisotopic (exact) mass is 447 g/mol. The number of rotatable bonds is 8. The summed E-state index contributed by atoms with van der Waals surface area (Å²) in [7, 11) is 0. The number of aliphatic imine (C=N–C) groups is 1. The van der Waals surface area contributed by atoms with Crippen LogP contribution in [0.5, 0.6) is 0 Å². The number of hydrogen-bond donors (Lipinski definition) is 0. The Hall–Kier alpha value is -3.03. The number of carbonyl (C=O) groups is 1. The van der Waals surface area contributed by atoms with E-state index in [2.05, 4.69) is 4.98 Å². The summed E-state index contributed by atoms with van der Waals surface area (Å²) in [6.07, 6.45) is 10.6. The fraction of sp³-hybridized carbons (Fsp3) is 0.560. The van der Waals surface area contributed by atoms with Gasteiger partial charge in [0.1, 0.15) is 5.82 Å². The normalized spacial score (nSPS) is 19.8. The molecule has 0 unspecified atom stereocenters. The number of likely N-dealkylation sites (tertiary alicyclic amines) is 1. The van der Waals surface area contributed by atoms with Crippen LogP contribution in [0.4, 0.5) is 5.82 Å². The zero-order valence-electron chi connectivity index (χ0n) is 18.8. The van der Waals surface area contributed by atoms with Gasteiger partial charge < -0.3 is 4.90 Å². The summed E-state index contributed by atoms with van der Waals surface area (Å²) < 4.78 is 3.25. The van der Waals surface area contributed by atoms with Gasteiger partial charge in [-0.1, -0.05) is 0 Å². The van der Waals surface area contributed by atoms with Crippen LogP contribution in [-0.2, 0) is 17.6 Å². The summed E-state index contributed by atoms with van der Waals surface area (Å²) >= 11 is 0. The van der Waals surface area contributed by atoms with Crippen LogP contribution in [0, 0.1) is 0 Å². The van der Waals surface area contributed by atoms with Crippen molar-refractivity contribution in [2.75, 3.05) is 13.1 Å². The molecule has 0 spiro atoms. The predicted octanol–water partition coefficient (Wildman–Crippen LogP) is 2.70. The maximum absolute atomic E-state index is 13.1. The van der Waals surface area contributed by atoms with Crippen LogP contribution in [0.25, 0.3) is 0 Å². The number of pyridine rings is 1. The number of amides is 1. The summed E-state index contributed by atoms with van der Waals surface area (Å²) in [6, 6.07) is 4.29. The number of aromatic nitrogens is 3. The lowest BCUT2D eigenvalue weighted by molar-refractivity contribution is -0.127. The van der Waals surface area contributed by atoms with Crippen molar-refractivity contribution in [3.63, 3.8) is 0 Å². The molecule has 33 heavy (non-hydrogen) atoms. The van der Waals surface area contributed by atoms with Gasteiger partial charge in [-0.25, -0.2) is 9.79 Å². The SMILES string of the molecule is O=C1CCCN1CCCCc1ccc(C2=Nc3c(c(=O)n(C4CC4)c(=O)n3C3CC3)C2)cn1. The first kappa shape index (κ1) is 20.6. The second kappa shape index (κ2) is 8.08. The van der Waals surface area contributed by atoms with E-state index in [-0.39, 0.29) is 29.2 Å². The Balaban J connectivity index is 1.16. The van der Waals surface area contributed by atoms with E-state index in [0.717, 1.165) is 81.4 Å². The Bertz CT molecular complexity index is 1250. The number of unbranched alkanes of at least 4 members (excludes halogenated alkanes) is 1. The van der Waals surface area contributed by atoms with Gasteiger partial charge in [0, 0.05) is 55.5 Å². The Morgan fingerprint density at radius 1 is 0.970 bits per heavy atom. The van der Waals surface area contributed by atoms with Crippen LogP contribution in [0.1, 0.15) is 80.3 Å². The van der Waals surface area contributed by atoms with Gasteiger partial charge in [-0.15, -0.1) is 0 Å². The van der Waals surface area contributed by atoms with Gasteiger partial charge in [0.15, 0.2) is 0 Å². The van der Waals surface area contributed by atoms with Crippen molar-refractivity contribution in [1.29, 1.82) is 0 Å². The van der Waals surface area contributed by atoms with Crippen molar-refractivity contribution in [2.45, 2.75) is 76.3 Å². The van der Waals surface area contributed by atoms with Crippen molar-refractivity contribution in [2.24, 2.45) is 4.99 Å². The van der Waals surface area contributed by atoms with E-state index in [1.54, 1.807) is 4.57 Å². The molecule has 6 rings (SSSR count). The van der Waals surface area contributed by atoms with Crippen molar-refractivity contribution >= 4 is 17.4 Å². The van der Waals surface area contributed by atoms with Crippen LogP contribution in [0.3, 0.4) is 0 Å². The zero-order valence-corrected chi connectivity index (χ0v) is 18.8. The minimum atomic E-state index is -0.183. The number of hydrogen-bond acceptors (Lipinski definition) is 5. The fourth-order valence-electron chi connectivity index (χ4n) is 5.07. The largest absolute Gasteiger partial charge is 0.343 e. The Labute approximate surface area is 192 Å². The maximum Gasteiger partial charge on any atom is 0.333 e. The lowest BCUT2D eigenvalue weighted by atomic mass is 10.1. The van der Waals surface area contributed by atoms with Gasteiger partial charge in [0.25, 0.3) is 5.56 Å². The van der Waals surface area contributed by atoms with Crippen molar-refractivity contribution < 1.29 is 4.79 Å². The van der Waals surface area contributed by atoms with Crippen molar-refractivity contribution in [3.05, 3.63) is 56.0 Å². The first-order valence-corrected chi connectivity index (χ1v) is 12.3. The minimum Gasteiger partial charge on any atom is -0.343 e. The molecule has 2 aliphatic heterocycles. The molecule has 8 heteroatoms. The molecule has 0 atom stereocenters. The Kier molecular flexibility index (Phi) is 5.03. The highest BCUT2D eigenvalue weighted by Gasteiger charge is 2.37. The molecule has 1 amide bonds. The molecule has 2 aliphatic carbocycles. The van der Waals surface area contributed by atoms with Gasteiger partial charge in [-0.2, -0.15) is 0 Å². The van der Waals surface area contributed by atoms with Gasteiger partial charge in [-0.3, -0.25) is 23.7 Å². The highest BCUT2D eigenvalue weighted by Crippen LogP contribution is 2.40. The lowest BCUT2D eigenvalue weighted by Crippen LogP contribution is -2.40.